The average molecular weight is 425 g/mol. The van der Waals surface area contributed by atoms with E-state index in [9.17, 15) is 26.9 Å². The Labute approximate surface area is 163 Å². The lowest BCUT2D eigenvalue weighted by Crippen LogP contribution is -2.29. The molecule has 0 bridgehead atoms. The van der Waals surface area contributed by atoms with Crippen LogP contribution in [0.3, 0.4) is 0 Å². The second kappa shape index (κ2) is 6.83. The number of hydrogen-bond acceptors (Lipinski definition) is 6. The fraction of sp³-hybridized carbons (Fsp3) is 0.294. The number of fused-ring (bicyclic) bond motifs is 1. The highest BCUT2D eigenvalue weighted by Crippen LogP contribution is 2.36. The fourth-order valence-electron chi connectivity index (χ4n) is 3.07. The van der Waals surface area contributed by atoms with Crippen LogP contribution in [0.25, 0.3) is 0 Å². The van der Waals surface area contributed by atoms with E-state index in [2.05, 4.69) is 0 Å². The van der Waals surface area contributed by atoms with Gasteiger partial charge in [0.15, 0.2) is 0 Å². The van der Waals surface area contributed by atoms with E-state index in [1.54, 1.807) is 6.92 Å². The van der Waals surface area contributed by atoms with Gasteiger partial charge < -0.3 is 0 Å². The molecular formula is C17H19N3O6S2. The minimum Gasteiger partial charge on any atom is -0.266 e. The quantitative estimate of drug-likeness (QED) is 0.533. The molecule has 1 aliphatic heterocycles. The van der Waals surface area contributed by atoms with E-state index in [4.69, 9.17) is 0 Å². The lowest BCUT2D eigenvalue weighted by atomic mass is 10.2. The van der Waals surface area contributed by atoms with E-state index in [0.29, 0.717) is 23.2 Å². The fourth-order valence-corrected chi connectivity index (χ4v) is 5.77. The third-order valence-corrected chi connectivity index (χ3v) is 8.40. The summed E-state index contributed by atoms with van der Waals surface area (Å²) in [7, 11) is -4.83. The van der Waals surface area contributed by atoms with Crippen molar-refractivity contribution in [1.82, 2.24) is 4.31 Å². The van der Waals surface area contributed by atoms with Gasteiger partial charge in [-0.05, 0) is 42.7 Å². The SMILES string of the molecule is Cc1ccc([N+](=O)[O-])cc1S(=O)(=O)N1CCc2cc(S(=O)(=O)N(C)C)ccc21. The number of aryl methyl sites for hydroxylation is 1. The summed E-state index contributed by atoms with van der Waals surface area (Å²) >= 11 is 0. The van der Waals surface area contributed by atoms with Crippen molar-refractivity contribution in [2.24, 2.45) is 0 Å². The molecule has 0 saturated carbocycles. The van der Waals surface area contributed by atoms with Gasteiger partial charge in [0.05, 0.1) is 20.4 Å². The number of non-ortho nitro benzene ring substituents is 1. The molecule has 0 atom stereocenters. The molecule has 1 heterocycles. The topological polar surface area (TPSA) is 118 Å². The van der Waals surface area contributed by atoms with Crippen molar-refractivity contribution in [2.75, 3.05) is 24.9 Å². The van der Waals surface area contributed by atoms with E-state index in [-0.39, 0.29) is 22.0 Å². The summed E-state index contributed by atoms with van der Waals surface area (Å²) in [5.41, 5.74) is 1.06. The maximum atomic E-state index is 13.2. The zero-order chi connectivity index (χ0) is 20.9. The van der Waals surface area contributed by atoms with Gasteiger partial charge in [-0.3, -0.25) is 14.4 Å². The largest absolute Gasteiger partial charge is 0.270 e. The van der Waals surface area contributed by atoms with E-state index >= 15 is 0 Å². The van der Waals surface area contributed by atoms with Crippen LogP contribution in [0.1, 0.15) is 11.1 Å². The number of hydrogen-bond donors (Lipinski definition) is 0. The first-order valence-electron chi connectivity index (χ1n) is 8.29. The molecule has 0 amide bonds. The smallest absolute Gasteiger partial charge is 0.266 e. The lowest BCUT2D eigenvalue weighted by molar-refractivity contribution is -0.385. The van der Waals surface area contributed by atoms with Gasteiger partial charge in [0, 0.05) is 32.8 Å². The van der Waals surface area contributed by atoms with Crippen molar-refractivity contribution in [3.8, 4) is 0 Å². The van der Waals surface area contributed by atoms with Crippen LogP contribution in [0, 0.1) is 17.0 Å². The minimum atomic E-state index is -4.03. The average Bonchev–Trinajstić information content (AvgIpc) is 3.05. The van der Waals surface area contributed by atoms with Crippen LogP contribution in [0.2, 0.25) is 0 Å². The Bertz CT molecular complexity index is 1170. The first-order chi connectivity index (χ1) is 13.0. The first-order valence-corrected chi connectivity index (χ1v) is 11.2. The van der Waals surface area contributed by atoms with E-state index in [0.717, 1.165) is 10.4 Å². The molecule has 11 heteroatoms. The highest BCUT2D eigenvalue weighted by Gasteiger charge is 2.34. The number of benzene rings is 2. The summed E-state index contributed by atoms with van der Waals surface area (Å²) in [4.78, 5) is 10.3. The normalized spacial score (nSPS) is 14.4. The molecule has 0 saturated heterocycles. The van der Waals surface area contributed by atoms with Crippen molar-refractivity contribution in [3.63, 3.8) is 0 Å². The summed E-state index contributed by atoms with van der Waals surface area (Å²) in [6.45, 7) is 1.70. The van der Waals surface area contributed by atoms with Crippen molar-refractivity contribution >= 4 is 31.4 Å². The summed E-state index contributed by atoms with van der Waals surface area (Å²) in [6.07, 6.45) is 0.347. The number of rotatable bonds is 5. The van der Waals surface area contributed by atoms with Crippen LogP contribution in [0.4, 0.5) is 11.4 Å². The first kappa shape index (κ1) is 20.2. The molecule has 0 aliphatic carbocycles. The van der Waals surface area contributed by atoms with Gasteiger partial charge in [0.25, 0.3) is 15.7 Å². The van der Waals surface area contributed by atoms with Crippen LogP contribution in [0.5, 0.6) is 0 Å². The molecule has 2 aromatic rings. The second-order valence-electron chi connectivity index (χ2n) is 6.61. The molecule has 0 radical (unpaired) electrons. The number of nitrogens with zero attached hydrogens (tertiary/aromatic N) is 3. The summed E-state index contributed by atoms with van der Waals surface area (Å²) in [5.74, 6) is 0. The Morgan fingerprint density at radius 2 is 1.75 bits per heavy atom. The highest BCUT2D eigenvalue weighted by atomic mass is 32.2. The lowest BCUT2D eigenvalue weighted by Gasteiger charge is -2.21. The van der Waals surface area contributed by atoms with Gasteiger partial charge in [-0.1, -0.05) is 6.07 Å². The molecular weight excluding hydrogens is 406 g/mol. The van der Waals surface area contributed by atoms with Crippen LogP contribution in [-0.2, 0) is 26.5 Å². The van der Waals surface area contributed by atoms with E-state index in [1.807, 2.05) is 0 Å². The standard InChI is InChI=1S/C17H19N3O6S2/c1-12-4-5-14(20(21)22)11-17(12)28(25,26)19-9-8-13-10-15(6-7-16(13)19)27(23,24)18(2)3/h4-7,10-11H,8-9H2,1-3H3. The van der Waals surface area contributed by atoms with Crippen LogP contribution in [0.15, 0.2) is 46.2 Å². The van der Waals surface area contributed by atoms with Crippen molar-refractivity contribution in [2.45, 2.75) is 23.1 Å². The zero-order valence-electron chi connectivity index (χ0n) is 15.5. The molecule has 0 fully saturated rings. The molecule has 0 aromatic heterocycles. The Kier molecular flexibility index (Phi) is 4.94. The molecule has 0 spiro atoms. The molecule has 9 nitrogen and oxygen atoms in total. The molecule has 150 valence electrons. The van der Waals surface area contributed by atoms with E-state index < -0.39 is 25.0 Å². The highest BCUT2D eigenvalue weighted by molar-refractivity contribution is 7.93. The van der Waals surface area contributed by atoms with Crippen LogP contribution < -0.4 is 4.31 Å². The predicted octanol–water partition coefficient (Wildman–Crippen LogP) is 1.90. The molecule has 0 N–H and O–H groups in total. The Morgan fingerprint density at radius 3 is 2.36 bits per heavy atom. The van der Waals surface area contributed by atoms with Gasteiger partial charge in [-0.2, -0.15) is 0 Å². The van der Waals surface area contributed by atoms with Crippen LogP contribution in [-0.4, -0.2) is 46.7 Å². The van der Waals surface area contributed by atoms with Gasteiger partial charge in [-0.15, -0.1) is 0 Å². The maximum Gasteiger partial charge on any atom is 0.270 e. The Hall–Kier alpha value is -2.50. The molecule has 2 aromatic carbocycles. The minimum absolute atomic E-state index is 0.0852. The number of nitro groups is 1. The molecule has 1 aliphatic rings. The predicted molar refractivity (Wildman–Crippen MR) is 103 cm³/mol. The Balaban J connectivity index is 2.07. The maximum absolute atomic E-state index is 13.2. The summed E-state index contributed by atoms with van der Waals surface area (Å²) in [5, 5.41) is 11.0. The number of nitro benzene ring substituents is 1. The monoisotopic (exact) mass is 425 g/mol. The number of sulfonamides is 2. The summed E-state index contributed by atoms with van der Waals surface area (Å²) in [6, 6.07) is 8.00. The Morgan fingerprint density at radius 1 is 1.07 bits per heavy atom. The molecule has 28 heavy (non-hydrogen) atoms. The molecule has 3 rings (SSSR count). The van der Waals surface area contributed by atoms with E-state index in [1.165, 1.54) is 48.7 Å². The van der Waals surface area contributed by atoms with Crippen molar-refractivity contribution in [1.29, 1.82) is 0 Å². The van der Waals surface area contributed by atoms with Crippen molar-refractivity contribution in [3.05, 3.63) is 57.6 Å². The second-order valence-corrected chi connectivity index (χ2v) is 10.6. The van der Waals surface area contributed by atoms with Gasteiger partial charge in [0.1, 0.15) is 0 Å². The van der Waals surface area contributed by atoms with Crippen LogP contribution >= 0.6 is 0 Å². The van der Waals surface area contributed by atoms with Gasteiger partial charge in [-0.25, -0.2) is 21.1 Å². The third kappa shape index (κ3) is 3.25. The summed E-state index contributed by atoms with van der Waals surface area (Å²) < 4.78 is 53.2. The number of anilines is 1. The molecule has 0 unspecified atom stereocenters. The van der Waals surface area contributed by atoms with Gasteiger partial charge >= 0.3 is 0 Å². The van der Waals surface area contributed by atoms with Gasteiger partial charge in [0.2, 0.25) is 10.0 Å². The van der Waals surface area contributed by atoms with Crippen molar-refractivity contribution < 1.29 is 21.8 Å². The third-order valence-electron chi connectivity index (χ3n) is 4.63. The zero-order valence-corrected chi connectivity index (χ0v) is 17.1.